The average Bonchev–Trinajstić information content (AvgIpc) is 2.65. The van der Waals surface area contributed by atoms with E-state index >= 15 is 0 Å². The van der Waals surface area contributed by atoms with Crippen molar-refractivity contribution < 1.29 is 33.4 Å². The van der Waals surface area contributed by atoms with Gasteiger partial charge in [-0.05, 0) is 0 Å². The topological polar surface area (TPSA) is 154 Å². The van der Waals surface area contributed by atoms with Gasteiger partial charge in [0.15, 0.2) is 11.2 Å². The summed E-state index contributed by atoms with van der Waals surface area (Å²) >= 11 is 1.03. The summed E-state index contributed by atoms with van der Waals surface area (Å²) in [5.74, 6) is -1.90. The highest BCUT2D eigenvalue weighted by Crippen LogP contribution is 2.25. The minimum Gasteiger partial charge on any atom is -0.465 e. The highest BCUT2D eigenvalue weighted by Gasteiger charge is 2.39. The molecule has 0 radical (unpaired) electrons. The molecule has 4 N–H and O–H groups in total. The first-order valence-corrected chi connectivity index (χ1v) is 9.89. The molecule has 0 unspecified atom stereocenters. The number of ether oxygens (including phenoxy) is 2. The molecule has 28 heavy (non-hydrogen) atoms. The Hall–Kier alpha value is -2.14. The minimum atomic E-state index is -1.27. The third-order valence-electron chi connectivity index (χ3n) is 3.84. The van der Waals surface area contributed by atoms with Crippen molar-refractivity contribution in [2.24, 2.45) is 11.1 Å². The van der Waals surface area contributed by atoms with Gasteiger partial charge in [0.05, 0.1) is 13.0 Å². The zero-order valence-electron chi connectivity index (χ0n) is 16.1. The quantitative estimate of drug-likeness (QED) is 0.485. The number of nitrogens with one attached hydrogen (secondary N) is 2. The van der Waals surface area contributed by atoms with E-state index in [2.05, 4.69) is 10.6 Å². The van der Waals surface area contributed by atoms with Crippen LogP contribution >= 0.6 is 11.8 Å². The van der Waals surface area contributed by atoms with Crippen molar-refractivity contribution >= 4 is 40.6 Å². The molecule has 0 aromatic heterocycles. The Labute approximate surface area is 167 Å². The fourth-order valence-electron chi connectivity index (χ4n) is 2.27. The summed E-state index contributed by atoms with van der Waals surface area (Å²) in [4.78, 5) is 59.6. The lowest BCUT2D eigenvalue weighted by Crippen LogP contribution is -2.50. The van der Waals surface area contributed by atoms with Crippen LogP contribution in [0.4, 0.5) is 0 Å². The van der Waals surface area contributed by atoms with E-state index in [1.165, 1.54) is 0 Å². The molecule has 11 heteroatoms. The molecule has 1 fully saturated rings. The van der Waals surface area contributed by atoms with E-state index in [-0.39, 0.29) is 50.0 Å². The van der Waals surface area contributed by atoms with Crippen LogP contribution in [0.3, 0.4) is 0 Å². The highest BCUT2D eigenvalue weighted by atomic mass is 32.2. The largest absolute Gasteiger partial charge is 0.465 e. The van der Waals surface area contributed by atoms with Crippen LogP contribution in [-0.4, -0.2) is 67.0 Å². The van der Waals surface area contributed by atoms with E-state index in [9.17, 15) is 24.0 Å². The summed E-state index contributed by atoms with van der Waals surface area (Å²) < 4.78 is 10.3. The summed E-state index contributed by atoms with van der Waals surface area (Å²) in [5.41, 5.74) is 4.20. The molecule has 1 rings (SSSR count). The zero-order valence-corrected chi connectivity index (χ0v) is 16.9. The number of esters is 2. The maximum absolute atomic E-state index is 12.5. The number of cyclic esters (lactones) is 1. The lowest BCUT2D eigenvalue weighted by molar-refractivity contribution is -0.168. The van der Waals surface area contributed by atoms with Crippen LogP contribution in [0.2, 0.25) is 0 Å². The Kier molecular flexibility index (Phi) is 9.94. The van der Waals surface area contributed by atoms with Crippen molar-refractivity contribution in [2.75, 3.05) is 32.0 Å². The van der Waals surface area contributed by atoms with Gasteiger partial charge in [-0.1, -0.05) is 25.6 Å². The van der Waals surface area contributed by atoms with Crippen LogP contribution in [0, 0.1) is 5.41 Å². The van der Waals surface area contributed by atoms with Crippen LogP contribution in [-0.2, 0) is 33.4 Å². The van der Waals surface area contributed by atoms with Gasteiger partial charge >= 0.3 is 11.9 Å². The second kappa shape index (κ2) is 11.6. The standard InChI is InChI=1S/C17H27N3O7S/c1-17(2)10-26-12(22)3-4-14(24)28-8-7-19-11(21)5-6-20-16(25)15(17)27-13(23)9-18/h15H,3-10,18H2,1-2H3,(H,19,21)(H,20,25)/t15-/m0/s1. The average molecular weight is 417 g/mol. The third-order valence-corrected chi connectivity index (χ3v) is 4.78. The lowest BCUT2D eigenvalue weighted by Gasteiger charge is -2.32. The fourth-order valence-corrected chi connectivity index (χ4v) is 2.95. The van der Waals surface area contributed by atoms with Gasteiger partial charge in [-0.25, -0.2) is 0 Å². The summed E-state index contributed by atoms with van der Waals surface area (Å²) in [6.45, 7) is 2.89. The first-order valence-electron chi connectivity index (χ1n) is 8.91. The van der Waals surface area contributed by atoms with E-state index in [0.717, 1.165) is 11.8 Å². The summed E-state index contributed by atoms with van der Waals surface area (Å²) in [5, 5.41) is 5.00. The van der Waals surface area contributed by atoms with Crippen molar-refractivity contribution in [1.29, 1.82) is 0 Å². The van der Waals surface area contributed by atoms with E-state index < -0.39 is 35.9 Å². The number of hydrogen-bond acceptors (Lipinski definition) is 9. The van der Waals surface area contributed by atoms with Gasteiger partial charge in [-0.15, -0.1) is 0 Å². The Balaban J connectivity index is 2.90. The monoisotopic (exact) mass is 417 g/mol. The van der Waals surface area contributed by atoms with Gasteiger partial charge in [-0.2, -0.15) is 0 Å². The molecule has 1 atom stereocenters. The van der Waals surface area contributed by atoms with Gasteiger partial charge < -0.3 is 25.8 Å². The predicted molar refractivity (Wildman–Crippen MR) is 101 cm³/mol. The Morgan fingerprint density at radius 2 is 1.89 bits per heavy atom. The van der Waals surface area contributed by atoms with Gasteiger partial charge in [0.25, 0.3) is 5.91 Å². The first-order chi connectivity index (χ1) is 13.2. The SMILES string of the molecule is CC1(C)COC(=O)CCC(=O)SCCNC(=O)CCNC(=O)[C@@H]1OC(=O)CN. The van der Waals surface area contributed by atoms with Crippen molar-refractivity contribution in [2.45, 2.75) is 39.2 Å². The molecule has 0 saturated carbocycles. The Bertz CT molecular complexity index is 610. The molecule has 0 aromatic rings. The van der Waals surface area contributed by atoms with E-state index in [1.54, 1.807) is 13.8 Å². The predicted octanol–water partition coefficient (Wildman–Crippen LogP) is -0.898. The molecule has 2 amide bonds. The van der Waals surface area contributed by atoms with Crippen LogP contribution in [0.25, 0.3) is 0 Å². The molecule has 0 spiro atoms. The third kappa shape index (κ3) is 8.70. The number of carbonyl (C=O) groups excluding carboxylic acids is 5. The van der Waals surface area contributed by atoms with Gasteiger partial charge in [0.2, 0.25) is 5.91 Å². The van der Waals surface area contributed by atoms with E-state index in [0.29, 0.717) is 5.75 Å². The first kappa shape index (κ1) is 23.9. The molecule has 1 aliphatic rings. The maximum atomic E-state index is 12.5. The van der Waals surface area contributed by atoms with Crippen molar-refractivity contribution in [3.05, 3.63) is 0 Å². The van der Waals surface area contributed by atoms with E-state index in [1.807, 2.05) is 0 Å². The second-order valence-corrected chi connectivity index (χ2v) is 7.99. The molecule has 0 bridgehead atoms. The number of hydrogen-bond donors (Lipinski definition) is 3. The number of amides is 2. The zero-order chi connectivity index (χ0) is 21.2. The van der Waals surface area contributed by atoms with E-state index in [4.69, 9.17) is 15.2 Å². The Morgan fingerprint density at radius 1 is 1.18 bits per heavy atom. The second-order valence-electron chi connectivity index (χ2n) is 6.83. The number of rotatable bonds is 2. The maximum Gasteiger partial charge on any atom is 0.320 e. The van der Waals surface area contributed by atoms with Gasteiger partial charge in [0, 0.05) is 37.1 Å². The minimum absolute atomic E-state index is 0.00392. The van der Waals surface area contributed by atoms with Crippen LogP contribution in [0.5, 0.6) is 0 Å². The number of nitrogens with two attached hydrogens (primary N) is 1. The van der Waals surface area contributed by atoms with Crippen molar-refractivity contribution in [1.82, 2.24) is 10.6 Å². The molecule has 0 aliphatic carbocycles. The molecule has 1 heterocycles. The van der Waals surface area contributed by atoms with Gasteiger partial charge in [0.1, 0.15) is 6.61 Å². The Morgan fingerprint density at radius 3 is 2.57 bits per heavy atom. The highest BCUT2D eigenvalue weighted by molar-refractivity contribution is 8.13. The molecule has 1 saturated heterocycles. The molecule has 10 nitrogen and oxygen atoms in total. The molecular weight excluding hydrogens is 390 g/mol. The fraction of sp³-hybridized carbons (Fsp3) is 0.706. The smallest absolute Gasteiger partial charge is 0.320 e. The summed E-state index contributed by atoms with van der Waals surface area (Å²) in [7, 11) is 0. The summed E-state index contributed by atoms with van der Waals surface area (Å²) in [6, 6.07) is 0. The molecule has 158 valence electrons. The molecule has 1 aliphatic heterocycles. The van der Waals surface area contributed by atoms with Crippen molar-refractivity contribution in [3.63, 3.8) is 0 Å². The lowest BCUT2D eigenvalue weighted by atomic mass is 9.86. The van der Waals surface area contributed by atoms with Crippen molar-refractivity contribution in [3.8, 4) is 0 Å². The number of thioether (sulfide) groups is 1. The van der Waals surface area contributed by atoms with Crippen LogP contribution in [0.15, 0.2) is 0 Å². The van der Waals surface area contributed by atoms with Crippen LogP contribution < -0.4 is 16.4 Å². The number of carbonyl (C=O) groups is 5. The normalized spacial score (nSPS) is 23.0. The van der Waals surface area contributed by atoms with Crippen LogP contribution in [0.1, 0.15) is 33.1 Å². The molecule has 0 aromatic carbocycles. The summed E-state index contributed by atoms with van der Waals surface area (Å²) in [6.07, 6.45) is -1.35. The van der Waals surface area contributed by atoms with Gasteiger partial charge in [-0.3, -0.25) is 24.0 Å². The molecular formula is C17H27N3O7S.